The molecule has 0 saturated carbocycles. The average molecular weight is 839 g/mol. The van der Waals surface area contributed by atoms with Crippen LogP contribution in [-0.2, 0) is 9.53 Å². The number of hydrogen-bond donors (Lipinski definition) is 4. The summed E-state index contributed by atoms with van der Waals surface area (Å²) in [5.74, 6) is 0.123. The largest absolute Gasteiger partial charge is 0.453 e. The second-order valence-electron chi connectivity index (χ2n) is 15.5. The maximum absolute atomic E-state index is 13.7. The van der Waals surface area contributed by atoms with Gasteiger partial charge in [0.2, 0.25) is 5.91 Å². The number of benzene rings is 2. The van der Waals surface area contributed by atoms with Gasteiger partial charge in [-0.05, 0) is 62.4 Å². The summed E-state index contributed by atoms with van der Waals surface area (Å²) in [7, 11) is 1.25. The van der Waals surface area contributed by atoms with Crippen molar-refractivity contribution in [1.82, 2.24) is 40.0 Å². The predicted octanol–water partition coefficient (Wildman–Crippen LogP) is 6.50. The van der Waals surface area contributed by atoms with E-state index in [0.29, 0.717) is 60.2 Å². The number of alkyl carbamates (subject to hydrolysis) is 1. The number of likely N-dealkylation sites (tertiary alicyclic amines) is 1. The lowest BCUT2D eigenvalue weighted by Gasteiger charge is -2.44. The Morgan fingerprint density at radius 2 is 1.69 bits per heavy atom. The number of halogens is 2. The summed E-state index contributed by atoms with van der Waals surface area (Å²) in [5, 5.41) is 5.41. The number of anilines is 2. The molecule has 16 nitrogen and oxygen atoms in total. The van der Waals surface area contributed by atoms with Gasteiger partial charge in [-0.3, -0.25) is 14.4 Å². The molecule has 61 heavy (non-hydrogen) atoms. The van der Waals surface area contributed by atoms with Gasteiger partial charge in [0.15, 0.2) is 0 Å². The van der Waals surface area contributed by atoms with E-state index in [0.717, 1.165) is 12.0 Å². The first kappa shape index (κ1) is 42.3. The van der Waals surface area contributed by atoms with Crippen LogP contribution in [0.15, 0.2) is 79.5 Å². The van der Waals surface area contributed by atoms with Gasteiger partial charge in [-0.1, -0.05) is 38.1 Å². The van der Waals surface area contributed by atoms with Crippen molar-refractivity contribution in [2.45, 2.75) is 71.3 Å². The number of aromatic nitrogens is 5. The van der Waals surface area contributed by atoms with Crippen LogP contribution in [0.2, 0.25) is 0 Å². The minimum absolute atomic E-state index is 0.0538. The molecule has 4 atom stereocenters. The average Bonchev–Trinajstić information content (AvgIpc) is 4.06. The molecule has 5 heterocycles. The fourth-order valence-electron chi connectivity index (χ4n) is 7.85. The summed E-state index contributed by atoms with van der Waals surface area (Å²) in [6, 6.07) is 13.8. The van der Waals surface area contributed by atoms with Crippen LogP contribution < -0.4 is 20.3 Å². The van der Waals surface area contributed by atoms with Crippen molar-refractivity contribution in [3.05, 3.63) is 96.6 Å². The second kappa shape index (κ2) is 18.2. The van der Waals surface area contributed by atoms with Crippen LogP contribution in [0.3, 0.4) is 0 Å². The first-order chi connectivity index (χ1) is 29.3. The van der Waals surface area contributed by atoms with Gasteiger partial charge in [-0.15, -0.1) is 0 Å². The maximum atomic E-state index is 13.7. The number of aromatic amines is 2. The molecule has 4 N–H and O–H groups in total. The molecule has 3 aromatic heterocycles. The Morgan fingerprint density at radius 3 is 2.36 bits per heavy atom. The van der Waals surface area contributed by atoms with E-state index in [-0.39, 0.29) is 52.9 Å². The lowest BCUT2D eigenvalue weighted by atomic mass is 10.0. The highest BCUT2D eigenvalue weighted by Crippen LogP contribution is 2.36. The smallest absolute Gasteiger partial charge is 0.407 e. The summed E-state index contributed by atoms with van der Waals surface area (Å²) >= 11 is 0. The van der Waals surface area contributed by atoms with Crippen LogP contribution in [-0.4, -0.2) is 110 Å². The highest BCUT2D eigenvalue weighted by atomic mass is 19.3. The molecule has 2 aliphatic heterocycles. The zero-order valence-electron chi connectivity index (χ0n) is 34.4. The molecule has 320 valence electrons. The first-order valence-corrected chi connectivity index (χ1v) is 20.0. The number of imidazole rings is 2. The Labute approximate surface area is 351 Å². The number of alkyl halides is 2. The lowest BCUT2D eigenvalue weighted by molar-refractivity contribution is -0.135. The fourth-order valence-corrected chi connectivity index (χ4v) is 7.85. The third kappa shape index (κ3) is 9.32. The third-order valence-corrected chi connectivity index (χ3v) is 11.1. The number of carbonyl (C=O) groups is 4. The van der Waals surface area contributed by atoms with E-state index in [1.165, 1.54) is 25.7 Å². The van der Waals surface area contributed by atoms with Crippen molar-refractivity contribution >= 4 is 35.3 Å². The number of nitrogens with zero attached hydrogens (tertiary/aromatic N) is 6. The van der Waals surface area contributed by atoms with Crippen molar-refractivity contribution in [2.75, 3.05) is 37.0 Å². The standard InChI is InChI=1S/C43H48F2N10O6/c1-24(2)37(52-43(59)60-5)41(58)53-16-6-7-34(53)38-48-20-32(51-38)28-10-8-27(9-11-28)31-14-13-30(17-35(31)61-42(44)45)50-39(56)29-12-15-36(47-18-29)54-21-26(4)55(22-25(54)3)40(57)33-19-46-23-49-33/h8-15,17-20,23-26,34,37,42H,6-7,16,21-22H2,1-5H3,(H,46,49)(H,48,51)(H,50,56)(H,52,59)/t25-,26+,34+,37+/m1/s1. The minimum Gasteiger partial charge on any atom is -0.453 e. The molecule has 5 aromatic rings. The molecular formula is C43H48F2N10O6. The van der Waals surface area contributed by atoms with Gasteiger partial charge >= 0.3 is 12.7 Å². The zero-order chi connectivity index (χ0) is 43.4. The Bertz CT molecular complexity index is 2340. The molecule has 2 aliphatic rings. The Hall–Kier alpha value is -6.85. The number of methoxy groups -OCH3 is 1. The number of ether oxygens (including phenoxy) is 2. The van der Waals surface area contributed by atoms with Crippen molar-refractivity contribution < 1.29 is 37.4 Å². The number of nitrogens with one attached hydrogen (secondary N) is 4. The normalized spacial score (nSPS) is 18.3. The van der Waals surface area contributed by atoms with Gasteiger partial charge in [-0.2, -0.15) is 8.78 Å². The molecule has 2 saturated heterocycles. The predicted molar refractivity (Wildman–Crippen MR) is 222 cm³/mol. The van der Waals surface area contributed by atoms with E-state index < -0.39 is 24.7 Å². The van der Waals surface area contributed by atoms with E-state index in [1.807, 2.05) is 39.8 Å². The molecular weight excluding hydrogens is 791 g/mol. The number of H-pyrrole nitrogens is 2. The molecule has 7 rings (SSSR count). The number of piperazine rings is 1. The number of pyridine rings is 1. The van der Waals surface area contributed by atoms with Crippen LogP contribution in [0.4, 0.5) is 25.1 Å². The van der Waals surface area contributed by atoms with Gasteiger partial charge in [-0.25, -0.2) is 19.7 Å². The van der Waals surface area contributed by atoms with Gasteiger partial charge in [0, 0.05) is 73.2 Å². The van der Waals surface area contributed by atoms with Crippen LogP contribution in [0.1, 0.15) is 73.2 Å². The van der Waals surface area contributed by atoms with Crippen LogP contribution >= 0.6 is 0 Å². The van der Waals surface area contributed by atoms with Crippen LogP contribution in [0.5, 0.6) is 5.75 Å². The van der Waals surface area contributed by atoms with Gasteiger partial charge in [0.05, 0.1) is 30.7 Å². The number of rotatable bonds is 12. The number of carbonyl (C=O) groups excluding carboxylic acids is 4. The molecule has 2 fully saturated rings. The number of hydrogen-bond acceptors (Lipinski definition) is 10. The van der Waals surface area contributed by atoms with E-state index in [4.69, 9.17) is 14.5 Å². The Balaban J connectivity index is 1.01. The molecule has 18 heteroatoms. The third-order valence-electron chi connectivity index (χ3n) is 11.1. The first-order valence-electron chi connectivity index (χ1n) is 20.0. The molecule has 2 aromatic carbocycles. The monoisotopic (exact) mass is 838 g/mol. The molecule has 0 radical (unpaired) electrons. The summed E-state index contributed by atoms with van der Waals surface area (Å²) in [5.41, 5.74) is 3.22. The zero-order valence-corrected chi connectivity index (χ0v) is 34.4. The van der Waals surface area contributed by atoms with Crippen molar-refractivity contribution in [3.8, 4) is 28.1 Å². The molecule has 0 spiro atoms. The van der Waals surface area contributed by atoms with Crippen LogP contribution in [0, 0.1) is 5.92 Å². The number of amides is 4. The van der Waals surface area contributed by atoms with Crippen LogP contribution in [0.25, 0.3) is 22.4 Å². The van der Waals surface area contributed by atoms with Crippen molar-refractivity contribution in [1.29, 1.82) is 0 Å². The molecule has 0 unspecified atom stereocenters. The van der Waals surface area contributed by atoms with Gasteiger partial charge in [0.1, 0.15) is 29.1 Å². The van der Waals surface area contributed by atoms with Crippen molar-refractivity contribution in [2.24, 2.45) is 5.92 Å². The lowest BCUT2D eigenvalue weighted by Crippen LogP contribution is -2.58. The summed E-state index contributed by atoms with van der Waals surface area (Å²) < 4.78 is 37.0. The summed E-state index contributed by atoms with van der Waals surface area (Å²) in [6.07, 6.45) is 7.05. The topological polar surface area (TPSA) is 191 Å². The highest BCUT2D eigenvalue weighted by molar-refractivity contribution is 6.04. The minimum atomic E-state index is -3.12. The second-order valence-corrected chi connectivity index (χ2v) is 15.5. The van der Waals surface area contributed by atoms with Gasteiger partial charge in [0.25, 0.3) is 11.8 Å². The van der Waals surface area contributed by atoms with E-state index in [2.05, 4.69) is 35.5 Å². The quantitative estimate of drug-likeness (QED) is 0.108. The van der Waals surface area contributed by atoms with E-state index >= 15 is 0 Å². The molecule has 0 bridgehead atoms. The SMILES string of the molecule is COC(=O)N[C@H](C(=O)N1CCC[C@H]1c1nc(-c2ccc(-c3ccc(NC(=O)c4ccc(N5C[C@H](C)N(C(=O)c6c[nH]cn6)C[C@H]5C)nc4)cc3OC(F)F)cc2)c[nH]1)C(C)C. The molecule has 4 amide bonds. The van der Waals surface area contributed by atoms with E-state index in [9.17, 15) is 28.0 Å². The van der Waals surface area contributed by atoms with Gasteiger partial charge < -0.3 is 44.8 Å². The van der Waals surface area contributed by atoms with Crippen molar-refractivity contribution in [3.63, 3.8) is 0 Å². The molecule has 0 aliphatic carbocycles. The highest BCUT2D eigenvalue weighted by Gasteiger charge is 2.38. The fraction of sp³-hybridized carbons (Fsp3) is 0.372. The maximum Gasteiger partial charge on any atom is 0.407 e. The Morgan fingerprint density at radius 1 is 0.918 bits per heavy atom. The Kier molecular flexibility index (Phi) is 12.6. The van der Waals surface area contributed by atoms with E-state index in [1.54, 1.807) is 58.6 Å². The summed E-state index contributed by atoms with van der Waals surface area (Å²) in [6.45, 7) is 6.07. The summed E-state index contributed by atoms with van der Waals surface area (Å²) in [4.78, 5) is 76.8.